The average molecular weight is 349 g/mol. The van der Waals surface area contributed by atoms with Gasteiger partial charge in [0, 0.05) is 12.1 Å². The van der Waals surface area contributed by atoms with Crippen molar-refractivity contribution in [2.75, 3.05) is 11.1 Å². The molecule has 0 saturated carbocycles. The van der Waals surface area contributed by atoms with Gasteiger partial charge in [0.25, 0.3) is 5.78 Å². The maximum Gasteiger partial charge on any atom is 0.259 e. The number of hydrogen-bond acceptors (Lipinski definition) is 8. The Balaban J connectivity index is 1.65. The van der Waals surface area contributed by atoms with Crippen LogP contribution < -0.4 is 11.1 Å². The fourth-order valence-corrected chi connectivity index (χ4v) is 2.45. The summed E-state index contributed by atoms with van der Waals surface area (Å²) in [5.41, 5.74) is 7.55. The van der Waals surface area contributed by atoms with Crippen molar-refractivity contribution in [3.05, 3.63) is 54.1 Å². The third-order valence-electron chi connectivity index (χ3n) is 3.76. The second kappa shape index (κ2) is 6.20. The fourth-order valence-electron chi connectivity index (χ4n) is 2.45. The van der Waals surface area contributed by atoms with E-state index < -0.39 is 0 Å². The number of phenols is 2. The van der Waals surface area contributed by atoms with E-state index in [-0.39, 0.29) is 23.2 Å². The third kappa shape index (κ3) is 2.93. The van der Waals surface area contributed by atoms with Crippen LogP contribution in [0.1, 0.15) is 5.56 Å². The molecule has 2 heterocycles. The Morgan fingerprint density at radius 3 is 2.54 bits per heavy atom. The predicted molar refractivity (Wildman–Crippen MR) is 95.5 cm³/mol. The number of nitrogen functional groups attached to an aromatic ring is 1. The zero-order valence-electron chi connectivity index (χ0n) is 13.5. The first kappa shape index (κ1) is 15.6. The molecule has 0 amide bonds. The maximum atomic E-state index is 9.64. The molecule has 0 saturated heterocycles. The van der Waals surface area contributed by atoms with Gasteiger partial charge in [-0.05, 0) is 23.8 Å². The smallest absolute Gasteiger partial charge is 0.259 e. The zero-order chi connectivity index (χ0) is 18.1. The van der Waals surface area contributed by atoms with Crippen molar-refractivity contribution < 1.29 is 10.2 Å². The van der Waals surface area contributed by atoms with Crippen molar-refractivity contribution in [2.24, 2.45) is 0 Å². The molecular formula is C17H15N7O2. The zero-order valence-corrected chi connectivity index (χ0v) is 13.5. The largest absolute Gasteiger partial charge is 0.504 e. The normalized spacial score (nSPS) is 10.9. The molecule has 4 aromatic rings. The lowest BCUT2D eigenvalue weighted by molar-refractivity contribution is 0.404. The number of phenolic OH excluding ortho intramolecular Hbond substituents is 2. The highest BCUT2D eigenvalue weighted by atomic mass is 16.3. The van der Waals surface area contributed by atoms with Crippen molar-refractivity contribution >= 4 is 17.7 Å². The predicted octanol–water partition coefficient (Wildman–Crippen LogP) is 1.79. The monoisotopic (exact) mass is 349 g/mol. The van der Waals surface area contributed by atoms with E-state index in [4.69, 9.17) is 5.73 Å². The molecule has 0 unspecified atom stereocenters. The summed E-state index contributed by atoms with van der Waals surface area (Å²) in [6.07, 6.45) is 0. The molecule has 9 nitrogen and oxygen atoms in total. The number of anilines is 2. The molecule has 5 N–H and O–H groups in total. The Labute approximate surface area is 147 Å². The molecule has 26 heavy (non-hydrogen) atoms. The minimum Gasteiger partial charge on any atom is -0.504 e. The van der Waals surface area contributed by atoms with Gasteiger partial charge in [0.1, 0.15) is 0 Å². The molecule has 0 aliphatic carbocycles. The Morgan fingerprint density at radius 2 is 1.77 bits per heavy atom. The summed E-state index contributed by atoms with van der Waals surface area (Å²) in [6.45, 7) is 0.545. The lowest BCUT2D eigenvalue weighted by Crippen LogP contribution is -2.09. The molecule has 2 aromatic carbocycles. The Morgan fingerprint density at radius 1 is 0.962 bits per heavy atom. The van der Waals surface area contributed by atoms with Crippen molar-refractivity contribution in [2.45, 2.75) is 6.54 Å². The number of hydrogen-bond donors (Lipinski definition) is 4. The van der Waals surface area contributed by atoms with Gasteiger partial charge < -0.3 is 21.3 Å². The third-order valence-corrected chi connectivity index (χ3v) is 3.76. The van der Waals surface area contributed by atoms with Crippen molar-refractivity contribution in [1.29, 1.82) is 0 Å². The van der Waals surface area contributed by atoms with Crippen LogP contribution in [0.15, 0.2) is 48.5 Å². The van der Waals surface area contributed by atoms with Crippen LogP contribution in [-0.2, 0) is 6.54 Å². The van der Waals surface area contributed by atoms with Crippen LogP contribution in [0.3, 0.4) is 0 Å². The van der Waals surface area contributed by atoms with Crippen molar-refractivity contribution in [3.63, 3.8) is 0 Å². The minimum absolute atomic E-state index is 0.132. The van der Waals surface area contributed by atoms with Gasteiger partial charge in [0.2, 0.25) is 11.9 Å². The molecule has 130 valence electrons. The van der Waals surface area contributed by atoms with Gasteiger partial charge in [0.15, 0.2) is 17.3 Å². The number of nitrogens with two attached hydrogens (primary N) is 1. The lowest BCUT2D eigenvalue weighted by Gasteiger charge is -2.05. The molecule has 0 atom stereocenters. The first-order valence-electron chi connectivity index (χ1n) is 7.80. The van der Waals surface area contributed by atoms with Crippen LogP contribution in [-0.4, -0.2) is 34.8 Å². The molecule has 0 bridgehead atoms. The number of fused-ring (bicyclic) bond motifs is 1. The van der Waals surface area contributed by atoms with E-state index in [1.54, 1.807) is 6.07 Å². The van der Waals surface area contributed by atoms with E-state index in [0.717, 1.165) is 5.56 Å². The summed E-state index contributed by atoms with van der Waals surface area (Å²) in [4.78, 5) is 12.8. The minimum atomic E-state index is -0.259. The van der Waals surface area contributed by atoms with E-state index in [2.05, 4.69) is 25.4 Å². The Hall–Kier alpha value is -3.88. The highest BCUT2D eigenvalue weighted by Crippen LogP contribution is 2.29. The van der Waals surface area contributed by atoms with Crippen molar-refractivity contribution in [1.82, 2.24) is 24.6 Å². The number of aromatic nitrogens is 5. The van der Waals surface area contributed by atoms with Gasteiger partial charge in [-0.25, -0.2) is 0 Å². The number of nitrogens with zero attached hydrogens (tertiary/aromatic N) is 5. The van der Waals surface area contributed by atoms with Gasteiger partial charge in [-0.3, -0.25) is 0 Å². The van der Waals surface area contributed by atoms with Gasteiger partial charge >= 0.3 is 0 Å². The number of nitrogens with one attached hydrogen (secondary N) is 1. The lowest BCUT2D eigenvalue weighted by atomic mass is 10.2. The van der Waals surface area contributed by atoms with E-state index in [0.29, 0.717) is 23.9 Å². The van der Waals surface area contributed by atoms with Gasteiger partial charge in [0.05, 0.1) is 0 Å². The van der Waals surface area contributed by atoms with Gasteiger partial charge in [-0.1, -0.05) is 30.3 Å². The van der Waals surface area contributed by atoms with Crippen molar-refractivity contribution in [3.8, 4) is 22.9 Å². The standard InChI is InChI=1S/C17H15N7O2/c18-15-21-16(19-9-10-4-2-1-3-5-10)22-17-20-14(23-24(15)17)11-6-7-12(25)13(26)8-11/h1-8,25-26H,9H2,(H3,18,19,20,21,22,23). The van der Waals surface area contributed by atoms with Crippen LogP contribution in [0.4, 0.5) is 11.9 Å². The molecule has 0 spiro atoms. The molecule has 0 aliphatic heterocycles. The van der Waals surface area contributed by atoms with Gasteiger partial charge in [-0.2, -0.15) is 19.5 Å². The summed E-state index contributed by atoms with van der Waals surface area (Å²) in [5, 5.41) is 26.4. The highest BCUT2D eigenvalue weighted by Gasteiger charge is 2.13. The first-order chi connectivity index (χ1) is 12.6. The summed E-state index contributed by atoms with van der Waals surface area (Å²) in [7, 11) is 0. The Kier molecular flexibility index (Phi) is 3.73. The summed E-state index contributed by atoms with van der Waals surface area (Å²) < 4.78 is 1.31. The summed E-state index contributed by atoms with van der Waals surface area (Å²) in [6, 6.07) is 14.1. The maximum absolute atomic E-state index is 9.64. The second-order valence-corrected chi connectivity index (χ2v) is 5.60. The molecule has 0 aliphatic rings. The van der Waals surface area contributed by atoms with Crippen LogP contribution in [0, 0.1) is 0 Å². The first-order valence-corrected chi connectivity index (χ1v) is 7.80. The highest BCUT2D eigenvalue weighted by molar-refractivity contribution is 5.62. The number of aromatic hydroxyl groups is 2. The van der Waals surface area contributed by atoms with Crippen LogP contribution in [0.2, 0.25) is 0 Å². The van der Waals surface area contributed by atoms with E-state index in [1.165, 1.54) is 16.6 Å². The van der Waals surface area contributed by atoms with E-state index >= 15 is 0 Å². The molecule has 9 heteroatoms. The van der Waals surface area contributed by atoms with E-state index in [1.807, 2.05) is 30.3 Å². The molecule has 4 rings (SSSR count). The fraction of sp³-hybridized carbons (Fsp3) is 0.0588. The molecule has 0 fully saturated rings. The number of rotatable bonds is 4. The number of benzene rings is 2. The van der Waals surface area contributed by atoms with Crippen LogP contribution in [0.25, 0.3) is 17.2 Å². The SMILES string of the molecule is Nc1nc(NCc2ccccc2)nc2nc(-c3ccc(O)c(O)c3)nn12. The quantitative estimate of drug-likeness (QED) is 0.410. The molecular weight excluding hydrogens is 334 g/mol. The van der Waals surface area contributed by atoms with Gasteiger partial charge in [-0.15, -0.1) is 5.10 Å². The second-order valence-electron chi connectivity index (χ2n) is 5.60. The van der Waals surface area contributed by atoms with Crippen LogP contribution >= 0.6 is 0 Å². The molecule has 0 radical (unpaired) electrons. The average Bonchev–Trinajstić information content (AvgIpc) is 3.08. The summed E-state index contributed by atoms with van der Waals surface area (Å²) in [5.74, 6) is 0.575. The van der Waals surface area contributed by atoms with E-state index in [9.17, 15) is 10.2 Å². The summed E-state index contributed by atoms with van der Waals surface area (Å²) >= 11 is 0. The molecule has 2 aromatic heterocycles. The van der Waals surface area contributed by atoms with Crippen LogP contribution in [0.5, 0.6) is 11.5 Å². The Bertz CT molecular complexity index is 1080. The topological polar surface area (TPSA) is 134 Å².